The summed E-state index contributed by atoms with van der Waals surface area (Å²) in [5.41, 5.74) is 2.39. The normalized spacial score (nSPS) is 18.6. The number of carbonyl (C=O) groups is 1. The molecule has 2 aromatic rings. The molecule has 166 valence electrons. The molecule has 0 saturated carbocycles. The van der Waals surface area contributed by atoms with Gasteiger partial charge in [-0.15, -0.1) is 0 Å². The minimum atomic E-state index is -0.114. The van der Waals surface area contributed by atoms with Crippen LogP contribution in [0.15, 0.2) is 48.5 Å². The highest BCUT2D eigenvalue weighted by Crippen LogP contribution is 2.24. The second kappa shape index (κ2) is 10.4. The van der Waals surface area contributed by atoms with E-state index in [2.05, 4.69) is 38.6 Å². The highest BCUT2D eigenvalue weighted by molar-refractivity contribution is 5.74. The lowest BCUT2D eigenvalue weighted by Gasteiger charge is -2.36. The SMILES string of the molecule is COc1ccc(N2CCN(CCCNC(=O)N[C@@H]3COc4ccccc4C3)CC2)cc1. The summed E-state index contributed by atoms with van der Waals surface area (Å²) in [5.74, 6) is 1.81. The van der Waals surface area contributed by atoms with Crippen molar-refractivity contribution in [3.63, 3.8) is 0 Å². The lowest BCUT2D eigenvalue weighted by Crippen LogP contribution is -2.48. The van der Waals surface area contributed by atoms with E-state index in [-0.39, 0.29) is 12.1 Å². The number of amides is 2. The van der Waals surface area contributed by atoms with Gasteiger partial charge in [0.15, 0.2) is 0 Å². The van der Waals surface area contributed by atoms with Gasteiger partial charge in [0.25, 0.3) is 0 Å². The zero-order chi connectivity index (χ0) is 21.5. The topological polar surface area (TPSA) is 66.1 Å². The van der Waals surface area contributed by atoms with Crippen molar-refractivity contribution in [1.29, 1.82) is 0 Å². The monoisotopic (exact) mass is 424 g/mol. The number of carbonyl (C=O) groups excluding carboxylic acids is 1. The van der Waals surface area contributed by atoms with Crippen LogP contribution in [-0.2, 0) is 6.42 Å². The Labute approximate surface area is 184 Å². The van der Waals surface area contributed by atoms with Gasteiger partial charge in [-0.25, -0.2) is 4.79 Å². The highest BCUT2D eigenvalue weighted by atomic mass is 16.5. The van der Waals surface area contributed by atoms with Crippen LogP contribution in [0, 0.1) is 0 Å². The number of methoxy groups -OCH3 is 1. The molecule has 2 N–H and O–H groups in total. The molecule has 0 spiro atoms. The van der Waals surface area contributed by atoms with Crippen molar-refractivity contribution in [3.8, 4) is 11.5 Å². The number of anilines is 1. The van der Waals surface area contributed by atoms with E-state index in [1.54, 1.807) is 7.11 Å². The van der Waals surface area contributed by atoms with Crippen molar-refractivity contribution in [2.75, 3.05) is 57.9 Å². The molecular weight excluding hydrogens is 392 g/mol. The number of nitrogens with one attached hydrogen (secondary N) is 2. The molecule has 1 fully saturated rings. The van der Waals surface area contributed by atoms with Gasteiger partial charge in [-0.1, -0.05) is 18.2 Å². The Bertz CT molecular complexity index is 850. The van der Waals surface area contributed by atoms with Gasteiger partial charge >= 0.3 is 6.03 Å². The predicted octanol–water partition coefficient (Wildman–Crippen LogP) is 2.51. The number of para-hydroxylation sites is 1. The Kier molecular flexibility index (Phi) is 7.14. The molecule has 0 radical (unpaired) electrons. The molecule has 2 aliphatic rings. The van der Waals surface area contributed by atoms with E-state index in [9.17, 15) is 4.79 Å². The van der Waals surface area contributed by atoms with E-state index in [1.807, 2.05) is 30.3 Å². The van der Waals surface area contributed by atoms with Crippen LogP contribution < -0.4 is 25.0 Å². The number of hydrogen-bond donors (Lipinski definition) is 2. The fourth-order valence-corrected chi connectivity index (χ4v) is 4.18. The molecule has 1 atom stereocenters. The Morgan fingerprint density at radius 2 is 1.87 bits per heavy atom. The number of piperazine rings is 1. The first-order valence-corrected chi connectivity index (χ1v) is 11.1. The summed E-state index contributed by atoms with van der Waals surface area (Å²) >= 11 is 0. The average Bonchev–Trinajstić information content (AvgIpc) is 2.82. The van der Waals surface area contributed by atoms with Crippen LogP contribution in [0.4, 0.5) is 10.5 Å². The van der Waals surface area contributed by atoms with E-state index < -0.39 is 0 Å². The van der Waals surface area contributed by atoms with Crippen molar-refractivity contribution in [2.24, 2.45) is 0 Å². The van der Waals surface area contributed by atoms with Crippen molar-refractivity contribution in [2.45, 2.75) is 18.9 Å². The average molecular weight is 425 g/mol. The lowest BCUT2D eigenvalue weighted by molar-refractivity contribution is 0.213. The first-order chi connectivity index (χ1) is 15.2. The summed E-state index contributed by atoms with van der Waals surface area (Å²) in [5, 5.41) is 6.01. The molecule has 0 aliphatic carbocycles. The lowest BCUT2D eigenvalue weighted by atomic mass is 10.0. The number of fused-ring (bicyclic) bond motifs is 1. The standard InChI is InChI=1S/C24H32N4O3/c1-30-22-9-7-21(8-10-22)28-15-13-27(14-16-28)12-4-11-25-24(29)26-20-17-19-5-2-3-6-23(19)31-18-20/h2-3,5-10,20H,4,11-18H2,1H3,(H2,25,26,29)/t20-/m0/s1. The number of hydrogen-bond acceptors (Lipinski definition) is 5. The molecule has 7 nitrogen and oxygen atoms in total. The van der Waals surface area contributed by atoms with Gasteiger partial charge in [-0.05, 0) is 55.3 Å². The molecule has 2 heterocycles. The van der Waals surface area contributed by atoms with Crippen molar-refractivity contribution < 1.29 is 14.3 Å². The van der Waals surface area contributed by atoms with Crippen LogP contribution in [0.5, 0.6) is 11.5 Å². The van der Waals surface area contributed by atoms with Gasteiger partial charge < -0.3 is 25.0 Å². The second-order valence-electron chi connectivity index (χ2n) is 8.10. The second-order valence-corrected chi connectivity index (χ2v) is 8.10. The van der Waals surface area contributed by atoms with E-state index in [1.165, 1.54) is 5.69 Å². The molecule has 0 aromatic heterocycles. The summed E-state index contributed by atoms with van der Waals surface area (Å²) in [6.45, 7) is 6.30. The Morgan fingerprint density at radius 3 is 2.65 bits per heavy atom. The minimum Gasteiger partial charge on any atom is -0.497 e. The Hall–Kier alpha value is -2.93. The van der Waals surface area contributed by atoms with Crippen molar-refractivity contribution in [3.05, 3.63) is 54.1 Å². The zero-order valence-corrected chi connectivity index (χ0v) is 18.2. The van der Waals surface area contributed by atoms with Gasteiger partial charge in [0.05, 0.1) is 13.2 Å². The fraction of sp³-hybridized carbons (Fsp3) is 0.458. The first-order valence-electron chi connectivity index (χ1n) is 11.1. The molecule has 2 amide bonds. The van der Waals surface area contributed by atoms with Gasteiger partial charge in [0, 0.05) is 38.4 Å². The Morgan fingerprint density at radius 1 is 1.10 bits per heavy atom. The van der Waals surface area contributed by atoms with Gasteiger partial charge in [-0.2, -0.15) is 0 Å². The first kappa shape index (κ1) is 21.3. The molecule has 7 heteroatoms. The molecule has 31 heavy (non-hydrogen) atoms. The van der Waals surface area contributed by atoms with Crippen LogP contribution in [0.1, 0.15) is 12.0 Å². The molecule has 0 bridgehead atoms. The van der Waals surface area contributed by atoms with Gasteiger partial charge in [0.1, 0.15) is 18.1 Å². The van der Waals surface area contributed by atoms with Crippen LogP contribution in [0.3, 0.4) is 0 Å². The number of rotatable bonds is 7. The van der Waals surface area contributed by atoms with Gasteiger partial charge in [0.2, 0.25) is 0 Å². The van der Waals surface area contributed by atoms with Crippen molar-refractivity contribution >= 4 is 11.7 Å². The fourth-order valence-electron chi connectivity index (χ4n) is 4.18. The molecule has 2 aliphatic heterocycles. The van der Waals surface area contributed by atoms with E-state index in [4.69, 9.17) is 9.47 Å². The third kappa shape index (κ3) is 5.82. The summed E-state index contributed by atoms with van der Waals surface area (Å²) in [7, 11) is 1.69. The largest absolute Gasteiger partial charge is 0.497 e. The highest BCUT2D eigenvalue weighted by Gasteiger charge is 2.21. The maximum absolute atomic E-state index is 12.2. The third-order valence-corrected chi connectivity index (χ3v) is 5.96. The molecule has 1 saturated heterocycles. The van der Waals surface area contributed by atoms with Crippen LogP contribution in [0.2, 0.25) is 0 Å². The summed E-state index contributed by atoms with van der Waals surface area (Å²) in [6.07, 6.45) is 1.75. The van der Waals surface area contributed by atoms with Crippen LogP contribution in [0.25, 0.3) is 0 Å². The summed E-state index contributed by atoms with van der Waals surface area (Å²) in [6, 6.07) is 16.2. The minimum absolute atomic E-state index is 0.0148. The number of benzene rings is 2. The maximum Gasteiger partial charge on any atom is 0.315 e. The molecule has 4 rings (SSSR count). The van der Waals surface area contributed by atoms with Crippen LogP contribution >= 0.6 is 0 Å². The molecule has 0 unspecified atom stereocenters. The number of urea groups is 1. The molecular formula is C24H32N4O3. The number of nitrogens with zero attached hydrogens (tertiary/aromatic N) is 2. The summed E-state index contributed by atoms with van der Waals surface area (Å²) in [4.78, 5) is 17.1. The van der Waals surface area contributed by atoms with Gasteiger partial charge in [-0.3, -0.25) is 4.90 Å². The molecule has 2 aromatic carbocycles. The third-order valence-electron chi connectivity index (χ3n) is 5.96. The van der Waals surface area contributed by atoms with Crippen molar-refractivity contribution in [1.82, 2.24) is 15.5 Å². The maximum atomic E-state index is 12.2. The van der Waals surface area contributed by atoms with E-state index in [0.29, 0.717) is 13.2 Å². The quantitative estimate of drug-likeness (QED) is 0.669. The van der Waals surface area contributed by atoms with E-state index >= 15 is 0 Å². The Balaban J connectivity index is 1.10. The van der Waals surface area contributed by atoms with Crippen LogP contribution in [-0.4, -0.2) is 70.0 Å². The number of ether oxygens (including phenoxy) is 2. The zero-order valence-electron chi connectivity index (χ0n) is 18.2. The predicted molar refractivity (Wildman–Crippen MR) is 122 cm³/mol. The summed E-state index contributed by atoms with van der Waals surface area (Å²) < 4.78 is 11.0. The smallest absolute Gasteiger partial charge is 0.315 e. The van der Waals surface area contributed by atoms with E-state index in [0.717, 1.165) is 62.6 Å².